The zero-order valence-electron chi connectivity index (χ0n) is 15.2. The quantitative estimate of drug-likeness (QED) is 0.488. The lowest BCUT2D eigenvalue weighted by atomic mass is 10.0. The molecule has 7 nitrogen and oxygen atoms in total. The van der Waals surface area contributed by atoms with Crippen LogP contribution in [0.3, 0.4) is 0 Å². The molecule has 0 amide bonds. The number of methoxy groups -OCH3 is 1. The van der Waals surface area contributed by atoms with Crippen LogP contribution in [0.2, 0.25) is 0 Å². The third-order valence-electron chi connectivity index (χ3n) is 4.13. The highest BCUT2D eigenvalue weighted by molar-refractivity contribution is 9.11. The summed E-state index contributed by atoms with van der Waals surface area (Å²) in [5.41, 5.74) is 0.185. The Labute approximate surface area is 178 Å². The van der Waals surface area contributed by atoms with E-state index < -0.39 is 30.1 Å². The Balaban J connectivity index is 2.60. The second-order valence-electron chi connectivity index (χ2n) is 6.21. The number of phenolic OH excluding ortho intramolecular Hbond substituents is 1. The van der Waals surface area contributed by atoms with E-state index in [1.807, 2.05) is 0 Å². The Morgan fingerprint density at radius 3 is 2.39 bits per heavy atom. The van der Waals surface area contributed by atoms with Gasteiger partial charge in [0.2, 0.25) is 0 Å². The minimum Gasteiger partial charge on any atom is -0.506 e. The lowest BCUT2D eigenvalue weighted by Gasteiger charge is -2.19. The molecule has 0 saturated carbocycles. The Kier molecular flexibility index (Phi) is 7.82. The van der Waals surface area contributed by atoms with Gasteiger partial charge < -0.3 is 24.8 Å². The fourth-order valence-corrected chi connectivity index (χ4v) is 4.14. The van der Waals surface area contributed by atoms with Crippen molar-refractivity contribution < 1.29 is 34.4 Å². The molecule has 2 rings (SSSR count). The van der Waals surface area contributed by atoms with Gasteiger partial charge in [-0.2, -0.15) is 0 Å². The first kappa shape index (κ1) is 22.6. The highest BCUT2D eigenvalue weighted by Gasteiger charge is 2.28. The molecular formula is C19H20Br2O7. The van der Waals surface area contributed by atoms with Crippen molar-refractivity contribution in [1.82, 2.24) is 0 Å². The van der Waals surface area contributed by atoms with Crippen molar-refractivity contribution in [3.8, 4) is 11.5 Å². The van der Waals surface area contributed by atoms with Gasteiger partial charge in [0.1, 0.15) is 28.0 Å². The first-order valence-electron chi connectivity index (χ1n) is 8.40. The summed E-state index contributed by atoms with van der Waals surface area (Å²) in [6, 6.07) is 0. The summed E-state index contributed by atoms with van der Waals surface area (Å²) in [4.78, 5) is 24.6. The zero-order valence-corrected chi connectivity index (χ0v) is 18.4. The maximum absolute atomic E-state index is 12.7. The number of halogens is 2. The van der Waals surface area contributed by atoms with Crippen LogP contribution in [0.5, 0.6) is 11.5 Å². The second kappa shape index (κ2) is 9.69. The van der Waals surface area contributed by atoms with Gasteiger partial charge in [0.05, 0.1) is 17.7 Å². The number of fused-ring (bicyclic) bond motifs is 1. The Morgan fingerprint density at radius 1 is 1.11 bits per heavy atom. The number of cyclic esters (lactones) is 1. The fraction of sp³-hybridized carbons (Fsp3) is 0.368. The number of hydrogen-bond acceptors (Lipinski definition) is 7. The molecule has 3 N–H and O–H groups in total. The number of ketones is 1. The number of phenols is 1. The van der Waals surface area contributed by atoms with Gasteiger partial charge in [-0.3, -0.25) is 4.79 Å². The molecule has 152 valence electrons. The van der Waals surface area contributed by atoms with Gasteiger partial charge in [0.25, 0.3) is 0 Å². The van der Waals surface area contributed by atoms with Crippen LogP contribution < -0.4 is 4.74 Å². The van der Waals surface area contributed by atoms with Gasteiger partial charge in [-0.05, 0) is 51.3 Å². The van der Waals surface area contributed by atoms with Crippen LogP contribution >= 0.6 is 31.9 Å². The van der Waals surface area contributed by atoms with Crippen LogP contribution in [0, 0.1) is 0 Å². The SMILES string of the molecule is COc1c(Br)c(O)c2c(c1Br)C=CC[C@H](O)[C@H](O)C(=O)C=CC[C@H](C)OC2=O. The third kappa shape index (κ3) is 4.83. The molecule has 0 unspecified atom stereocenters. The second-order valence-corrected chi connectivity index (χ2v) is 7.79. The van der Waals surface area contributed by atoms with E-state index in [0.29, 0.717) is 4.47 Å². The first-order valence-corrected chi connectivity index (χ1v) is 9.99. The van der Waals surface area contributed by atoms with Crippen molar-refractivity contribution in [3.63, 3.8) is 0 Å². The van der Waals surface area contributed by atoms with E-state index in [9.17, 15) is 24.9 Å². The topological polar surface area (TPSA) is 113 Å². The largest absolute Gasteiger partial charge is 0.506 e. The summed E-state index contributed by atoms with van der Waals surface area (Å²) in [5, 5.41) is 30.5. The van der Waals surface area contributed by atoms with Gasteiger partial charge in [-0.15, -0.1) is 0 Å². The Bertz CT molecular complexity index is 832. The summed E-state index contributed by atoms with van der Waals surface area (Å²) in [6.45, 7) is 1.63. The molecule has 28 heavy (non-hydrogen) atoms. The summed E-state index contributed by atoms with van der Waals surface area (Å²) in [5.74, 6) is -1.48. The van der Waals surface area contributed by atoms with E-state index in [1.165, 1.54) is 25.3 Å². The zero-order chi connectivity index (χ0) is 21.0. The van der Waals surface area contributed by atoms with Crippen molar-refractivity contribution in [2.75, 3.05) is 7.11 Å². The molecule has 0 saturated heterocycles. The maximum Gasteiger partial charge on any atom is 0.342 e. The van der Waals surface area contributed by atoms with E-state index in [2.05, 4.69) is 31.9 Å². The number of hydrogen-bond donors (Lipinski definition) is 3. The van der Waals surface area contributed by atoms with Crippen LogP contribution in [-0.4, -0.2) is 52.5 Å². The molecular weight excluding hydrogens is 500 g/mol. The number of aliphatic hydroxyl groups is 2. The van der Waals surface area contributed by atoms with Crippen LogP contribution in [0.25, 0.3) is 6.08 Å². The molecule has 1 heterocycles. The lowest BCUT2D eigenvalue weighted by Crippen LogP contribution is -2.32. The van der Waals surface area contributed by atoms with Gasteiger partial charge >= 0.3 is 5.97 Å². The molecule has 0 spiro atoms. The highest BCUT2D eigenvalue weighted by atomic mass is 79.9. The molecule has 1 aromatic carbocycles. The smallest absolute Gasteiger partial charge is 0.342 e. The summed E-state index contributed by atoms with van der Waals surface area (Å²) in [6.07, 6.45) is 2.22. The van der Waals surface area contributed by atoms with Crippen molar-refractivity contribution in [3.05, 3.63) is 38.3 Å². The third-order valence-corrected chi connectivity index (χ3v) is 5.66. The van der Waals surface area contributed by atoms with Crippen molar-refractivity contribution in [2.45, 2.75) is 38.1 Å². The number of carbonyl (C=O) groups is 2. The number of rotatable bonds is 1. The molecule has 1 aromatic rings. The molecule has 3 atom stereocenters. The molecule has 0 bridgehead atoms. The van der Waals surface area contributed by atoms with Crippen LogP contribution in [-0.2, 0) is 9.53 Å². The van der Waals surface area contributed by atoms with E-state index in [0.717, 1.165) is 6.08 Å². The minimum absolute atomic E-state index is 0.0583. The van der Waals surface area contributed by atoms with Crippen LogP contribution in [0.15, 0.2) is 27.2 Å². The number of ether oxygens (including phenoxy) is 2. The summed E-state index contributed by atoms with van der Waals surface area (Å²) in [7, 11) is 1.40. The maximum atomic E-state index is 12.7. The van der Waals surface area contributed by atoms with E-state index in [-0.39, 0.29) is 39.9 Å². The molecule has 1 aliphatic rings. The molecule has 9 heteroatoms. The summed E-state index contributed by atoms with van der Waals surface area (Å²) >= 11 is 6.57. The number of esters is 1. The van der Waals surface area contributed by atoms with Gasteiger partial charge in [0, 0.05) is 12.0 Å². The van der Waals surface area contributed by atoms with E-state index in [1.54, 1.807) is 6.92 Å². The number of benzene rings is 1. The molecule has 0 aliphatic carbocycles. The predicted octanol–water partition coefficient (Wildman–Crippen LogP) is 3.13. The highest BCUT2D eigenvalue weighted by Crippen LogP contribution is 2.46. The van der Waals surface area contributed by atoms with Crippen LogP contribution in [0.1, 0.15) is 35.7 Å². The standard InChI is InChI=1S/C19H20Br2O7/c1-9-5-3-7-11(22)16(24)12(23)8-4-6-10-13(19(26)28-9)17(25)15(21)18(27-2)14(10)20/h3-4,6-7,9,12,16,23-25H,5,8H2,1-2H3/t9-,12-,16+/m0/s1. The van der Waals surface area contributed by atoms with Gasteiger partial charge in [-0.25, -0.2) is 4.79 Å². The van der Waals surface area contributed by atoms with Crippen molar-refractivity contribution >= 4 is 49.7 Å². The minimum atomic E-state index is -1.57. The van der Waals surface area contributed by atoms with Gasteiger partial charge in [-0.1, -0.05) is 18.2 Å². The van der Waals surface area contributed by atoms with E-state index in [4.69, 9.17) is 9.47 Å². The van der Waals surface area contributed by atoms with Crippen LogP contribution in [0.4, 0.5) is 0 Å². The number of carbonyl (C=O) groups excluding carboxylic acids is 2. The number of aliphatic hydroxyl groups excluding tert-OH is 2. The van der Waals surface area contributed by atoms with Crippen molar-refractivity contribution in [2.24, 2.45) is 0 Å². The fourth-order valence-electron chi connectivity index (χ4n) is 2.62. The number of aromatic hydroxyl groups is 1. The Morgan fingerprint density at radius 2 is 1.75 bits per heavy atom. The lowest BCUT2D eigenvalue weighted by molar-refractivity contribution is -0.127. The monoisotopic (exact) mass is 518 g/mol. The van der Waals surface area contributed by atoms with Crippen molar-refractivity contribution in [1.29, 1.82) is 0 Å². The van der Waals surface area contributed by atoms with Gasteiger partial charge in [0.15, 0.2) is 11.5 Å². The average molecular weight is 520 g/mol. The Hall–Kier alpha value is -1.68. The molecule has 0 aromatic heterocycles. The normalized spacial score (nSPS) is 23.7. The molecule has 0 radical (unpaired) electrons. The molecule has 0 fully saturated rings. The summed E-state index contributed by atoms with van der Waals surface area (Å²) < 4.78 is 11.2. The first-order chi connectivity index (χ1) is 13.2. The van der Waals surface area contributed by atoms with E-state index >= 15 is 0 Å². The predicted molar refractivity (Wildman–Crippen MR) is 109 cm³/mol. The molecule has 1 aliphatic heterocycles. The average Bonchev–Trinajstić information content (AvgIpc) is 2.64.